The number of hydrogen-bond acceptors (Lipinski definition) is 3. The predicted octanol–water partition coefficient (Wildman–Crippen LogP) is 2.57. The van der Waals surface area contributed by atoms with Crippen molar-refractivity contribution in [2.75, 3.05) is 0 Å². The quantitative estimate of drug-likeness (QED) is 0.922. The van der Waals surface area contributed by atoms with Crippen molar-refractivity contribution in [3.8, 4) is 0 Å². The molecule has 5 nitrogen and oxygen atoms in total. The summed E-state index contributed by atoms with van der Waals surface area (Å²) in [7, 11) is 1.91. The number of aromatic nitrogens is 4. The molecule has 0 saturated heterocycles. The maximum atomic E-state index is 10.5. The van der Waals surface area contributed by atoms with Gasteiger partial charge in [0.05, 0.1) is 22.6 Å². The lowest BCUT2D eigenvalue weighted by Crippen LogP contribution is -2.12. The molecule has 0 spiro atoms. The molecule has 0 aliphatic heterocycles. The van der Waals surface area contributed by atoms with Gasteiger partial charge in [-0.3, -0.25) is 9.36 Å². The van der Waals surface area contributed by atoms with Crippen LogP contribution in [0.25, 0.3) is 0 Å². The Kier molecular flexibility index (Phi) is 4.50. The van der Waals surface area contributed by atoms with Crippen molar-refractivity contribution in [2.24, 2.45) is 7.05 Å². The lowest BCUT2D eigenvalue weighted by Gasteiger charge is -2.14. The first kappa shape index (κ1) is 15.1. The minimum absolute atomic E-state index is 0.501. The molecule has 1 atom stereocenters. The van der Waals surface area contributed by atoms with Gasteiger partial charge in [0, 0.05) is 25.7 Å². The lowest BCUT2D eigenvalue weighted by atomic mass is 10.0. The third kappa shape index (κ3) is 2.74. The SMILES string of the molecule is CCCn1ncc(Cl)c1C(O)Cc1c(C)nn(C)c1C. The van der Waals surface area contributed by atoms with Gasteiger partial charge in [0.1, 0.15) is 6.10 Å². The van der Waals surface area contributed by atoms with Crippen LogP contribution in [0.3, 0.4) is 0 Å². The minimum atomic E-state index is -0.668. The van der Waals surface area contributed by atoms with Crippen LogP contribution in [0.15, 0.2) is 6.20 Å². The molecule has 1 N–H and O–H groups in total. The van der Waals surface area contributed by atoms with E-state index in [1.54, 1.807) is 10.9 Å². The standard InChI is InChI=1S/C14H21ClN4O/c1-5-6-19-14(12(15)8-16-19)13(20)7-11-9(2)17-18(4)10(11)3/h8,13,20H,5-7H2,1-4H3. The molecule has 2 aromatic rings. The summed E-state index contributed by atoms with van der Waals surface area (Å²) in [6.45, 7) is 6.79. The molecule has 110 valence electrons. The molecule has 1 unspecified atom stereocenters. The summed E-state index contributed by atoms with van der Waals surface area (Å²) in [4.78, 5) is 0. The molecule has 2 heterocycles. The number of halogens is 1. The van der Waals surface area contributed by atoms with E-state index in [0.717, 1.165) is 29.9 Å². The zero-order valence-electron chi connectivity index (χ0n) is 12.4. The number of aliphatic hydroxyl groups excluding tert-OH is 1. The lowest BCUT2D eigenvalue weighted by molar-refractivity contribution is 0.166. The molecule has 0 aliphatic rings. The molecule has 6 heteroatoms. The molecular formula is C14H21ClN4O. The summed E-state index contributed by atoms with van der Waals surface area (Å²) in [5.41, 5.74) is 3.78. The van der Waals surface area contributed by atoms with Gasteiger partial charge in [-0.1, -0.05) is 18.5 Å². The van der Waals surface area contributed by atoms with Gasteiger partial charge < -0.3 is 5.11 Å². The Morgan fingerprint density at radius 2 is 2.10 bits per heavy atom. The highest BCUT2D eigenvalue weighted by Crippen LogP contribution is 2.27. The summed E-state index contributed by atoms with van der Waals surface area (Å²) >= 11 is 6.16. The fourth-order valence-corrected chi connectivity index (χ4v) is 2.76. The van der Waals surface area contributed by atoms with E-state index >= 15 is 0 Å². The average molecular weight is 297 g/mol. The second kappa shape index (κ2) is 5.97. The zero-order chi connectivity index (χ0) is 14.9. The van der Waals surface area contributed by atoms with Gasteiger partial charge >= 0.3 is 0 Å². The van der Waals surface area contributed by atoms with E-state index < -0.39 is 6.10 Å². The van der Waals surface area contributed by atoms with Crippen LogP contribution in [0, 0.1) is 13.8 Å². The Hall–Kier alpha value is -1.33. The highest BCUT2D eigenvalue weighted by molar-refractivity contribution is 6.31. The van der Waals surface area contributed by atoms with Crippen LogP contribution in [-0.4, -0.2) is 24.7 Å². The number of rotatable bonds is 5. The second-order valence-corrected chi connectivity index (χ2v) is 5.50. The summed E-state index contributed by atoms with van der Waals surface area (Å²) in [6.07, 6.45) is 2.38. The number of nitrogens with zero attached hydrogens (tertiary/aromatic N) is 4. The van der Waals surface area contributed by atoms with E-state index in [-0.39, 0.29) is 0 Å². The third-order valence-electron chi connectivity index (χ3n) is 3.64. The molecule has 2 aromatic heterocycles. The molecule has 0 aliphatic carbocycles. The predicted molar refractivity (Wildman–Crippen MR) is 78.9 cm³/mol. The van der Waals surface area contributed by atoms with Gasteiger partial charge in [-0.05, 0) is 25.8 Å². The molecule has 0 bridgehead atoms. The molecule has 0 amide bonds. The van der Waals surface area contributed by atoms with Crippen LogP contribution in [0.4, 0.5) is 0 Å². The summed E-state index contributed by atoms with van der Waals surface area (Å²) in [5, 5.41) is 19.6. The van der Waals surface area contributed by atoms with Crippen molar-refractivity contribution in [3.05, 3.63) is 33.9 Å². The van der Waals surface area contributed by atoms with Crippen molar-refractivity contribution in [1.29, 1.82) is 0 Å². The van der Waals surface area contributed by atoms with E-state index in [2.05, 4.69) is 17.1 Å². The number of hydrogen-bond donors (Lipinski definition) is 1. The van der Waals surface area contributed by atoms with Gasteiger partial charge in [-0.2, -0.15) is 10.2 Å². The van der Waals surface area contributed by atoms with Crippen molar-refractivity contribution in [2.45, 2.75) is 46.3 Å². The molecule has 0 fully saturated rings. The first-order valence-electron chi connectivity index (χ1n) is 6.84. The fourth-order valence-electron chi connectivity index (χ4n) is 2.50. The Morgan fingerprint density at radius 3 is 2.65 bits per heavy atom. The topological polar surface area (TPSA) is 55.9 Å². The summed E-state index contributed by atoms with van der Waals surface area (Å²) in [5.74, 6) is 0. The number of aliphatic hydroxyl groups is 1. The van der Waals surface area contributed by atoms with E-state index in [4.69, 9.17) is 11.6 Å². The molecule has 0 radical (unpaired) electrons. The van der Waals surface area contributed by atoms with Crippen LogP contribution < -0.4 is 0 Å². The molecular weight excluding hydrogens is 276 g/mol. The molecule has 20 heavy (non-hydrogen) atoms. The van der Waals surface area contributed by atoms with Gasteiger partial charge in [0.25, 0.3) is 0 Å². The smallest absolute Gasteiger partial charge is 0.101 e. The largest absolute Gasteiger partial charge is 0.386 e. The molecule has 0 aromatic carbocycles. The Balaban J connectivity index is 2.28. The fraction of sp³-hybridized carbons (Fsp3) is 0.571. The highest BCUT2D eigenvalue weighted by atomic mass is 35.5. The Morgan fingerprint density at radius 1 is 1.40 bits per heavy atom. The van der Waals surface area contributed by atoms with Crippen LogP contribution >= 0.6 is 11.6 Å². The molecule has 2 rings (SSSR count). The van der Waals surface area contributed by atoms with Gasteiger partial charge in [-0.15, -0.1) is 0 Å². The van der Waals surface area contributed by atoms with E-state index in [9.17, 15) is 5.11 Å². The van der Waals surface area contributed by atoms with Gasteiger partial charge in [-0.25, -0.2) is 0 Å². The van der Waals surface area contributed by atoms with Crippen molar-refractivity contribution in [3.63, 3.8) is 0 Å². The Labute approximate surface area is 124 Å². The highest BCUT2D eigenvalue weighted by Gasteiger charge is 2.21. The monoisotopic (exact) mass is 296 g/mol. The van der Waals surface area contributed by atoms with E-state index in [1.165, 1.54) is 0 Å². The zero-order valence-corrected chi connectivity index (χ0v) is 13.1. The van der Waals surface area contributed by atoms with Crippen LogP contribution in [-0.2, 0) is 20.0 Å². The van der Waals surface area contributed by atoms with Crippen LogP contribution in [0.5, 0.6) is 0 Å². The first-order chi connectivity index (χ1) is 9.45. The normalized spacial score (nSPS) is 12.9. The maximum Gasteiger partial charge on any atom is 0.101 e. The van der Waals surface area contributed by atoms with Crippen LogP contribution in [0.2, 0.25) is 5.02 Å². The summed E-state index contributed by atoms with van der Waals surface area (Å²) < 4.78 is 3.62. The van der Waals surface area contributed by atoms with E-state index in [1.807, 2.05) is 25.6 Å². The van der Waals surface area contributed by atoms with Gasteiger partial charge in [0.2, 0.25) is 0 Å². The third-order valence-corrected chi connectivity index (χ3v) is 3.93. The van der Waals surface area contributed by atoms with Crippen molar-refractivity contribution in [1.82, 2.24) is 19.6 Å². The molecule has 0 saturated carbocycles. The van der Waals surface area contributed by atoms with Crippen LogP contribution in [0.1, 0.15) is 42.1 Å². The number of aryl methyl sites for hydroxylation is 3. The van der Waals surface area contributed by atoms with Gasteiger partial charge in [0.15, 0.2) is 0 Å². The van der Waals surface area contributed by atoms with E-state index in [0.29, 0.717) is 17.1 Å². The first-order valence-corrected chi connectivity index (χ1v) is 7.21. The minimum Gasteiger partial charge on any atom is -0.386 e. The Bertz CT molecular complexity index is 603. The maximum absolute atomic E-state index is 10.5. The van der Waals surface area contributed by atoms with Crippen molar-refractivity contribution < 1.29 is 5.11 Å². The summed E-state index contributed by atoms with van der Waals surface area (Å²) in [6, 6.07) is 0. The second-order valence-electron chi connectivity index (χ2n) is 5.09. The average Bonchev–Trinajstić information content (AvgIpc) is 2.86. The van der Waals surface area contributed by atoms with Crippen molar-refractivity contribution >= 4 is 11.6 Å².